The Morgan fingerprint density at radius 2 is 2.27 bits per heavy atom. The van der Waals surface area contributed by atoms with Crippen molar-refractivity contribution in [1.29, 1.82) is 5.41 Å². The van der Waals surface area contributed by atoms with Crippen molar-refractivity contribution in [1.82, 2.24) is 15.0 Å². The zero-order valence-corrected chi connectivity index (χ0v) is 12.7. The summed E-state index contributed by atoms with van der Waals surface area (Å²) in [5, 5.41) is 8.25. The van der Waals surface area contributed by atoms with E-state index in [0.717, 1.165) is 30.5 Å². The van der Waals surface area contributed by atoms with Gasteiger partial charge in [-0.25, -0.2) is 4.98 Å². The number of aromatic nitrogens is 3. The van der Waals surface area contributed by atoms with E-state index in [4.69, 9.17) is 5.41 Å². The molecule has 2 aromatic rings. The first-order valence-corrected chi connectivity index (χ1v) is 7.78. The number of Topliss-reactive ketones (excluding diaryl/α,β-unsaturated/α-hetero) is 1. The first-order valence-electron chi connectivity index (χ1n) is 7.78. The van der Waals surface area contributed by atoms with Crippen LogP contribution in [-0.2, 0) is 4.79 Å². The fourth-order valence-corrected chi connectivity index (χ4v) is 2.78. The summed E-state index contributed by atoms with van der Waals surface area (Å²) in [6.07, 6.45) is 8.89. The molecule has 1 atom stereocenters. The molecular weight excluding hydrogens is 276 g/mol. The normalized spacial score (nSPS) is 16.0. The molecule has 1 unspecified atom stereocenters. The Bertz CT molecular complexity index is 673. The van der Waals surface area contributed by atoms with Crippen LogP contribution in [0.1, 0.15) is 44.3 Å². The van der Waals surface area contributed by atoms with E-state index >= 15 is 0 Å². The Hall–Kier alpha value is -2.30. The molecule has 1 aliphatic carbocycles. The van der Waals surface area contributed by atoms with Gasteiger partial charge in [-0.2, -0.15) is 0 Å². The van der Waals surface area contributed by atoms with Gasteiger partial charge in [-0.05, 0) is 31.4 Å². The highest BCUT2D eigenvalue weighted by Gasteiger charge is 2.32. The first kappa shape index (κ1) is 14.6. The molecule has 1 aliphatic rings. The van der Waals surface area contributed by atoms with Crippen molar-refractivity contribution in [2.75, 3.05) is 0 Å². The second kappa shape index (κ2) is 6.22. The Morgan fingerprint density at radius 3 is 2.86 bits per heavy atom. The van der Waals surface area contributed by atoms with Gasteiger partial charge in [-0.15, -0.1) is 0 Å². The summed E-state index contributed by atoms with van der Waals surface area (Å²) in [6, 6.07) is 3.82. The molecule has 0 spiro atoms. The lowest BCUT2D eigenvalue weighted by Crippen LogP contribution is -2.32. The number of H-pyrrole nitrogens is 1. The monoisotopic (exact) mass is 296 g/mol. The minimum absolute atomic E-state index is 0.00238. The molecule has 0 amide bonds. The summed E-state index contributed by atoms with van der Waals surface area (Å²) in [5.74, 6) is 0.504. The fourth-order valence-electron chi connectivity index (χ4n) is 2.78. The predicted molar refractivity (Wildman–Crippen MR) is 84.9 cm³/mol. The van der Waals surface area contributed by atoms with Crippen molar-refractivity contribution in [2.45, 2.75) is 38.5 Å². The highest BCUT2D eigenvalue weighted by atomic mass is 16.1. The Kier molecular flexibility index (Phi) is 4.13. The van der Waals surface area contributed by atoms with Crippen LogP contribution in [-0.4, -0.2) is 26.4 Å². The van der Waals surface area contributed by atoms with E-state index in [9.17, 15) is 4.79 Å². The van der Waals surface area contributed by atoms with Crippen molar-refractivity contribution >= 4 is 11.5 Å². The summed E-state index contributed by atoms with van der Waals surface area (Å²) < 4.78 is 0. The number of carbonyl (C=O) groups excluding carboxylic acids is 1. The van der Waals surface area contributed by atoms with E-state index in [2.05, 4.69) is 15.0 Å². The number of aromatic amines is 1. The van der Waals surface area contributed by atoms with Crippen molar-refractivity contribution in [3.05, 3.63) is 36.5 Å². The zero-order chi connectivity index (χ0) is 15.5. The minimum atomic E-state index is -0.251. The molecule has 3 rings (SSSR count). The number of hydrogen-bond donors (Lipinski definition) is 2. The number of rotatable bonds is 6. The summed E-state index contributed by atoms with van der Waals surface area (Å²) in [7, 11) is 0. The van der Waals surface area contributed by atoms with E-state index in [0.29, 0.717) is 12.2 Å². The maximum Gasteiger partial charge on any atom is 0.180 e. The first-order chi connectivity index (χ1) is 10.7. The van der Waals surface area contributed by atoms with E-state index in [1.165, 1.54) is 0 Å². The molecule has 5 nitrogen and oxygen atoms in total. The summed E-state index contributed by atoms with van der Waals surface area (Å²) in [4.78, 5) is 24.0. The second-order valence-electron chi connectivity index (χ2n) is 5.79. The highest BCUT2D eigenvalue weighted by molar-refractivity contribution is 6.41. The number of pyridine rings is 1. The van der Waals surface area contributed by atoms with E-state index < -0.39 is 0 Å². The van der Waals surface area contributed by atoms with Crippen molar-refractivity contribution in [2.24, 2.45) is 5.92 Å². The molecule has 0 bridgehead atoms. The molecule has 22 heavy (non-hydrogen) atoms. The fraction of sp³-hybridized carbons (Fsp3) is 0.412. The smallest absolute Gasteiger partial charge is 0.180 e. The van der Waals surface area contributed by atoms with Crippen LogP contribution >= 0.6 is 0 Å². The Morgan fingerprint density at radius 1 is 1.45 bits per heavy atom. The van der Waals surface area contributed by atoms with Crippen LogP contribution in [0.15, 0.2) is 30.7 Å². The molecule has 0 radical (unpaired) electrons. The molecule has 2 heterocycles. The van der Waals surface area contributed by atoms with Crippen molar-refractivity contribution < 1.29 is 4.79 Å². The number of imidazole rings is 1. The Balaban J connectivity index is 1.80. The number of carbonyl (C=O) groups is 1. The molecule has 2 aromatic heterocycles. The van der Waals surface area contributed by atoms with Gasteiger partial charge in [0.05, 0.1) is 23.5 Å². The Labute approximate surface area is 129 Å². The predicted octanol–water partition coefficient (Wildman–Crippen LogP) is 3.35. The molecule has 1 saturated carbocycles. The number of nitrogens with zero attached hydrogens (tertiary/aromatic N) is 2. The summed E-state index contributed by atoms with van der Waals surface area (Å²) >= 11 is 0. The van der Waals surface area contributed by atoms with Gasteiger partial charge < -0.3 is 10.4 Å². The average molecular weight is 296 g/mol. The topological polar surface area (TPSA) is 82.5 Å². The molecule has 114 valence electrons. The molecule has 5 heteroatoms. The van der Waals surface area contributed by atoms with Crippen LogP contribution in [0.5, 0.6) is 0 Å². The van der Waals surface area contributed by atoms with Crippen LogP contribution in [0.4, 0.5) is 0 Å². The quantitative estimate of drug-likeness (QED) is 0.802. The van der Waals surface area contributed by atoms with E-state index in [1.807, 2.05) is 19.1 Å². The van der Waals surface area contributed by atoms with Gasteiger partial charge in [-0.1, -0.05) is 13.3 Å². The maximum absolute atomic E-state index is 12.3. The van der Waals surface area contributed by atoms with Gasteiger partial charge in [0, 0.05) is 23.9 Å². The lowest BCUT2D eigenvalue weighted by Gasteiger charge is -2.25. The number of nitrogens with one attached hydrogen (secondary N) is 2. The molecule has 2 N–H and O–H groups in total. The van der Waals surface area contributed by atoms with Crippen LogP contribution < -0.4 is 0 Å². The molecule has 0 saturated heterocycles. The molecule has 1 fully saturated rings. The van der Waals surface area contributed by atoms with Crippen LogP contribution in [0.25, 0.3) is 11.3 Å². The zero-order valence-electron chi connectivity index (χ0n) is 12.7. The highest BCUT2D eigenvalue weighted by Crippen LogP contribution is 2.30. The van der Waals surface area contributed by atoms with Crippen LogP contribution in [0.2, 0.25) is 0 Å². The van der Waals surface area contributed by atoms with Gasteiger partial charge >= 0.3 is 0 Å². The minimum Gasteiger partial charge on any atom is -0.341 e. The van der Waals surface area contributed by atoms with E-state index in [-0.39, 0.29) is 23.3 Å². The number of hydrogen-bond acceptors (Lipinski definition) is 4. The number of ketones is 1. The summed E-state index contributed by atoms with van der Waals surface area (Å²) in [6.45, 7) is 1.99. The molecular formula is C17H20N4O. The van der Waals surface area contributed by atoms with Gasteiger partial charge in [0.15, 0.2) is 5.78 Å². The summed E-state index contributed by atoms with van der Waals surface area (Å²) in [5.41, 5.74) is 2.01. The van der Waals surface area contributed by atoms with Crippen LogP contribution in [0.3, 0.4) is 0 Å². The molecule has 0 aromatic carbocycles. The standard InChI is InChI=1S/C17H20N4O/c1-2-13(15(18)16(22)11-5-3-6-11)17-20-10-14(21-17)12-7-4-8-19-9-12/h4,7-11,13,18H,2-3,5-6H2,1H3,(H,20,21). The van der Waals surface area contributed by atoms with Gasteiger partial charge in [0.2, 0.25) is 0 Å². The molecule has 0 aliphatic heterocycles. The third kappa shape index (κ3) is 2.71. The third-order valence-electron chi connectivity index (χ3n) is 4.40. The SMILES string of the molecule is CCC(C(=N)C(=O)C1CCC1)c1ncc(-c2cccnc2)[nH]1. The largest absolute Gasteiger partial charge is 0.341 e. The lowest BCUT2D eigenvalue weighted by molar-refractivity contribution is -0.118. The maximum atomic E-state index is 12.3. The lowest BCUT2D eigenvalue weighted by atomic mass is 9.78. The van der Waals surface area contributed by atoms with Gasteiger partial charge in [0.25, 0.3) is 0 Å². The van der Waals surface area contributed by atoms with Crippen molar-refractivity contribution in [3.63, 3.8) is 0 Å². The van der Waals surface area contributed by atoms with Gasteiger partial charge in [-0.3, -0.25) is 9.78 Å². The van der Waals surface area contributed by atoms with Crippen LogP contribution in [0, 0.1) is 11.3 Å². The average Bonchev–Trinajstić information content (AvgIpc) is 2.96. The second-order valence-corrected chi connectivity index (χ2v) is 5.79. The van der Waals surface area contributed by atoms with Crippen molar-refractivity contribution in [3.8, 4) is 11.3 Å². The third-order valence-corrected chi connectivity index (χ3v) is 4.40. The van der Waals surface area contributed by atoms with E-state index in [1.54, 1.807) is 18.6 Å². The van der Waals surface area contributed by atoms with Gasteiger partial charge in [0.1, 0.15) is 5.82 Å².